The molecule has 1 saturated heterocycles. The van der Waals surface area contributed by atoms with Crippen LogP contribution in [0.15, 0.2) is 30.3 Å². The minimum absolute atomic E-state index is 0. The predicted octanol–water partition coefficient (Wildman–Crippen LogP) is 1.47. The lowest BCUT2D eigenvalue weighted by atomic mass is 10.1. The molecule has 1 unspecified atom stereocenters. The molecular formula is C12H20Cl2N2O. The molecule has 2 N–H and O–H groups in total. The maximum Gasteiger partial charge on any atom is 0.0628 e. The molecule has 1 aliphatic rings. The normalized spacial score (nSPS) is 17.7. The highest BCUT2D eigenvalue weighted by Gasteiger charge is 2.20. The average Bonchev–Trinajstić information content (AvgIpc) is 2.33. The van der Waals surface area contributed by atoms with Crippen molar-refractivity contribution < 1.29 is 5.11 Å². The van der Waals surface area contributed by atoms with Gasteiger partial charge in [-0.2, -0.15) is 0 Å². The van der Waals surface area contributed by atoms with Crippen molar-refractivity contribution in [1.29, 1.82) is 0 Å². The molecule has 1 atom stereocenters. The highest BCUT2D eigenvalue weighted by atomic mass is 35.5. The van der Waals surface area contributed by atoms with Crippen molar-refractivity contribution in [2.75, 3.05) is 32.8 Å². The van der Waals surface area contributed by atoms with Crippen molar-refractivity contribution in [3.63, 3.8) is 0 Å². The fourth-order valence-electron chi connectivity index (χ4n) is 2.10. The standard InChI is InChI=1S/C12H18N2O.2ClH/c15-10-12(11-4-2-1-3-5-11)14-8-6-13-7-9-14;;/h1-5,12-13,15H,6-10H2;2*1H. The van der Waals surface area contributed by atoms with E-state index >= 15 is 0 Å². The number of aliphatic hydroxyl groups is 1. The Kier molecular flexibility index (Phi) is 8.56. The highest BCUT2D eigenvalue weighted by molar-refractivity contribution is 5.85. The number of rotatable bonds is 3. The van der Waals surface area contributed by atoms with Crippen molar-refractivity contribution in [3.05, 3.63) is 35.9 Å². The lowest BCUT2D eigenvalue weighted by Gasteiger charge is -2.34. The van der Waals surface area contributed by atoms with E-state index in [9.17, 15) is 5.11 Å². The summed E-state index contributed by atoms with van der Waals surface area (Å²) in [7, 11) is 0. The van der Waals surface area contributed by atoms with Crippen LogP contribution in [-0.4, -0.2) is 42.8 Å². The van der Waals surface area contributed by atoms with Gasteiger partial charge in [-0.05, 0) is 5.56 Å². The number of hydrogen-bond donors (Lipinski definition) is 2. The maximum atomic E-state index is 9.47. The molecule has 1 heterocycles. The second-order valence-electron chi connectivity index (χ2n) is 3.90. The van der Waals surface area contributed by atoms with E-state index in [-0.39, 0.29) is 37.5 Å². The SMILES string of the molecule is Cl.Cl.OCC(c1ccccc1)N1CCNCC1. The van der Waals surface area contributed by atoms with Gasteiger partial charge < -0.3 is 10.4 Å². The number of halogens is 2. The van der Waals surface area contributed by atoms with Gasteiger partial charge in [0.15, 0.2) is 0 Å². The minimum Gasteiger partial charge on any atom is -0.394 e. The third-order valence-electron chi connectivity index (χ3n) is 2.95. The fraction of sp³-hybridized carbons (Fsp3) is 0.500. The molecule has 0 spiro atoms. The quantitative estimate of drug-likeness (QED) is 0.879. The van der Waals surface area contributed by atoms with E-state index in [1.165, 1.54) is 5.56 Å². The zero-order valence-corrected chi connectivity index (χ0v) is 11.3. The minimum atomic E-state index is 0. The van der Waals surface area contributed by atoms with Gasteiger partial charge in [-0.15, -0.1) is 24.8 Å². The molecule has 17 heavy (non-hydrogen) atoms. The van der Waals surface area contributed by atoms with E-state index in [0.29, 0.717) is 0 Å². The number of hydrogen-bond acceptors (Lipinski definition) is 3. The van der Waals surface area contributed by atoms with Crippen molar-refractivity contribution in [1.82, 2.24) is 10.2 Å². The van der Waals surface area contributed by atoms with Crippen molar-refractivity contribution >= 4 is 24.8 Å². The predicted molar refractivity (Wildman–Crippen MR) is 75.2 cm³/mol. The largest absolute Gasteiger partial charge is 0.394 e. The van der Waals surface area contributed by atoms with Crippen LogP contribution in [0.5, 0.6) is 0 Å². The number of aliphatic hydroxyl groups excluding tert-OH is 1. The Morgan fingerprint density at radius 3 is 2.24 bits per heavy atom. The van der Waals surface area contributed by atoms with Crippen LogP contribution in [0.25, 0.3) is 0 Å². The summed E-state index contributed by atoms with van der Waals surface area (Å²) in [5.41, 5.74) is 1.21. The number of nitrogens with zero attached hydrogens (tertiary/aromatic N) is 1. The molecular weight excluding hydrogens is 259 g/mol. The van der Waals surface area contributed by atoms with Gasteiger partial charge in [-0.25, -0.2) is 0 Å². The highest BCUT2D eigenvalue weighted by Crippen LogP contribution is 2.19. The molecule has 1 aliphatic heterocycles. The second kappa shape index (κ2) is 8.72. The third-order valence-corrected chi connectivity index (χ3v) is 2.95. The molecule has 3 nitrogen and oxygen atoms in total. The smallest absolute Gasteiger partial charge is 0.0628 e. The van der Waals surface area contributed by atoms with Crippen LogP contribution in [0.4, 0.5) is 0 Å². The second-order valence-corrected chi connectivity index (χ2v) is 3.90. The Hall–Kier alpha value is -0.320. The van der Waals surface area contributed by atoms with E-state index in [1.54, 1.807) is 0 Å². The first-order chi connectivity index (χ1) is 7.42. The van der Waals surface area contributed by atoms with Crippen molar-refractivity contribution in [3.8, 4) is 0 Å². The Bertz CT molecular complexity index is 292. The summed E-state index contributed by atoms with van der Waals surface area (Å²) in [6.07, 6.45) is 0. The monoisotopic (exact) mass is 278 g/mol. The molecule has 0 saturated carbocycles. The van der Waals surface area contributed by atoms with Gasteiger partial charge in [0.2, 0.25) is 0 Å². The van der Waals surface area contributed by atoms with Gasteiger partial charge in [-0.3, -0.25) is 4.90 Å². The van der Waals surface area contributed by atoms with Crippen molar-refractivity contribution in [2.45, 2.75) is 6.04 Å². The van der Waals surface area contributed by atoms with Gasteiger partial charge in [0, 0.05) is 26.2 Å². The Morgan fingerprint density at radius 2 is 1.71 bits per heavy atom. The number of nitrogens with one attached hydrogen (secondary N) is 1. The third kappa shape index (κ3) is 4.45. The van der Waals surface area contributed by atoms with Crippen LogP contribution in [0.3, 0.4) is 0 Å². The summed E-state index contributed by atoms with van der Waals surface area (Å²) in [6, 6.07) is 10.4. The molecule has 0 radical (unpaired) electrons. The fourth-order valence-corrected chi connectivity index (χ4v) is 2.10. The first kappa shape index (κ1) is 16.7. The molecule has 5 heteroatoms. The zero-order chi connectivity index (χ0) is 10.5. The summed E-state index contributed by atoms with van der Waals surface area (Å²) in [5, 5.41) is 12.8. The van der Waals surface area contributed by atoms with Gasteiger partial charge in [0.25, 0.3) is 0 Å². The molecule has 0 bridgehead atoms. The summed E-state index contributed by atoms with van der Waals surface area (Å²) >= 11 is 0. The lowest BCUT2D eigenvalue weighted by molar-refractivity contribution is 0.111. The Balaban J connectivity index is 0.00000128. The zero-order valence-electron chi connectivity index (χ0n) is 9.71. The van der Waals surface area contributed by atoms with Crippen molar-refractivity contribution in [2.24, 2.45) is 0 Å². The Labute approximate surface area is 115 Å². The summed E-state index contributed by atoms with van der Waals surface area (Å²) < 4.78 is 0. The topological polar surface area (TPSA) is 35.5 Å². The summed E-state index contributed by atoms with van der Waals surface area (Å²) in [5.74, 6) is 0. The molecule has 1 aromatic rings. The van der Waals surface area contributed by atoms with Crippen LogP contribution in [0.2, 0.25) is 0 Å². The maximum absolute atomic E-state index is 9.47. The van der Waals surface area contributed by atoms with Crippen LogP contribution in [-0.2, 0) is 0 Å². The van der Waals surface area contributed by atoms with Gasteiger partial charge in [-0.1, -0.05) is 30.3 Å². The number of piperazine rings is 1. The Morgan fingerprint density at radius 1 is 1.12 bits per heavy atom. The van der Waals surface area contributed by atoms with E-state index in [0.717, 1.165) is 26.2 Å². The molecule has 98 valence electrons. The first-order valence-electron chi connectivity index (χ1n) is 5.52. The van der Waals surface area contributed by atoms with Crippen LogP contribution in [0.1, 0.15) is 11.6 Å². The lowest BCUT2D eigenvalue weighted by Crippen LogP contribution is -2.46. The number of benzene rings is 1. The van der Waals surface area contributed by atoms with E-state index in [4.69, 9.17) is 0 Å². The molecule has 0 aliphatic carbocycles. The summed E-state index contributed by atoms with van der Waals surface area (Å²) in [6.45, 7) is 4.26. The van der Waals surface area contributed by atoms with Crippen LogP contribution < -0.4 is 5.32 Å². The molecule has 1 aromatic carbocycles. The molecule has 2 rings (SSSR count). The molecule has 1 fully saturated rings. The van der Waals surface area contributed by atoms with Gasteiger partial charge in [0.05, 0.1) is 12.6 Å². The molecule has 0 aromatic heterocycles. The average molecular weight is 279 g/mol. The van der Waals surface area contributed by atoms with E-state index in [1.807, 2.05) is 18.2 Å². The van der Waals surface area contributed by atoms with Gasteiger partial charge >= 0.3 is 0 Å². The van der Waals surface area contributed by atoms with E-state index in [2.05, 4.69) is 22.3 Å². The van der Waals surface area contributed by atoms with Crippen LogP contribution >= 0.6 is 24.8 Å². The van der Waals surface area contributed by atoms with Gasteiger partial charge in [0.1, 0.15) is 0 Å². The summed E-state index contributed by atoms with van der Waals surface area (Å²) in [4.78, 5) is 2.34. The van der Waals surface area contributed by atoms with E-state index < -0.39 is 0 Å². The first-order valence-corrected chi connectivity index (χ1v) is 5.52. The molecule has 0 amide bonds. The van der Waals surface area contributed by atoms with Crippen LogP contribution in [0, 0.1) is 0 Å².